The summed E-state index contributed by atoms with van der Waals surface area (Å²) >= 11 is 0. The maximum absolute atomic E-state index is 6.18. The first-order valence-electron chi connectivity index (χ1n) is 7.74. The van der Waals surface area contributed by atoms with Crippen molar-refractivity contribution in [2.24, 2.45) is 11.7 Å². The van der Waals surface area contributed by atoms with Crippen LogP contribution in [0.4, 0.5) is 0 Å². The van der Waals surface area contributed by atoms with Gasteiger partial charge in [0.1, 0.15) is 0 Å². The van der Waals surface area contributed by atoms with Crippen LogP contribution >= 0.6 is 0 Å². The van der Waals surface area contributed by atoms with E-state index in [0.717, 1.165) is 35.8 Å². The molecule has 3 unspecified atom stereocenters. The largest absolute Gasteiger partial charge is 0.493 e. The van der Waals surface area contributed by atoms with Gasteiger partial charge >= 0.3 is 0 Å². The van der Waals surface area contributed by atoms with Gasteiger partial charge in [0.2, 0.25) is 0 Å². The molecule has 2 rings (SSSR count). The van der Waals surface area contributed by atoms with Crippen LogP contribution in [0.5, 0.6) is 11.5 Å². The van der Waals surface area contributed by atoms with Crippen molar-refractivity contribution in [1.82, 2.24) is 0 Å². The number of ether oxygens (including phenoxy) is 2. The van der Waals surface area contributed by atoms with E-state index in [0.29, 0.717) is 6.10 Å². The van der Waals surface area contributed by atoms with Crippen molar-refractivity contribution in [1.29, 1.82) is 0 Å². The van der Waals surface area contributed by atoms with Crippen LogP contribution in [0.25, 0.3) is 0 Å². The van der Waals surface area contributed by atoms with Crippen molar-refractivity contribution < 1.29 is 9.47 Å². The molecule has 1 saturated carbocycles. The van der Waals surface area contributed by atoms with Gasteiger partial charge in [-0.1, -0.05) is 25.8 Å². The Balaban J connectivity index is 2.08. The van der Waals surface area contributed by atoms with Crippen LogP contribution in [-0.4, -0.2) is 13.2 Å². The Morgan fingerprint density at radius 1 is 1.30 bits per heavy atom. The van der Waals surface area contributed by atoms with Gasteiger partial charge in [-0.25, -0.2) is 0 Å². The molecule has 0 heterocycles. The molecular formula is C17H27NO2. The highest BCUT2D eigenvalue weighted by Gasteiger charge is 2.23. The van der Waals surface area contributed by atoms with Gasteiger partial charge in [-0.2, -0.15) is 0 Å². The molecule has 3 heteroatoms. The normalized spacial score (nSPS) is 24.2. The fourth-order valence-electron chi connectivity index (χ4n) is 2.96. The lowest BCUT2D eigenvalue weighted by atomic mass is 9.85. The lowest BCUT2D eigenvalue weighted by molar-refractivity contribution is 0.118. The van der Waals surface area contributed by atoms with Gasteiger partial charge in [0.25, 0.3) is 0 Å². The molecule has 1 aromatic rings. The molecule has 1 aromatic carbocycles. The first kappa shape index (κ1) is 15.2. The van der Waals surface area contributed by atoms with Crippen LogP contribution in [0.2, 0.25) is 0 Å². The fourth-order valence-corrected chi connectivity index (χ4v) is 2.96. The summed E-state index contributed by atoms with van der Waals surface area (Å²) in [5.41, 5.74) is 6.98. The third-order valence-electron chi connectivity index (χ3n) is 4.32. The van der Waals surface area contributed by atoms with E-state index in [9.17, 15) is 0 Å². The molecule has 0 aliphatic heterocycles. The van der Waals surface area contributed by atoms with Crippen LogP contribution in [0.15, 0.2) is 18.2 Å². The highest BCUT2D eigenvalue weighted by molar-refractivity contribution is 5.43. The maximum Gasteiger partial charge on any atom is 0.161 e. The summed E-state index contributed by atoms with van der Waals surface area (Å²) in [6.45, 7) is 4.24. The molecule has 1 fully saturated rings. The van der Waals surface area contributed by atoms with Crippen LogP contribution < -0.4 is 15.2 Å². The second kappa shape index (κ2) is 6.98. The van der Waals surface area contributed by atoms with Crippen molar-refractivity contribution in [3.05, 3.63) is 23.8 Å². The van der Waals surface area contributed by atoms with Gasteiger partial charge < -0.3 is 15.2 Å². The predicted octanol–water partition coefficient (Wildman–Crippen LogP) is 4.06. The number of rotatable bonds is 5. The van der Waals surface area contributed by atoms with Gasteiger partial charge in [-0.15, -0.1) is 0 Å². The number of benzene rings is 1. The average molecular weight is 277 g/mol. The lowest BCUT2D eigenvalue weighted by Gasteiger charge is -2.29. The minimum Gasteiger partial charge on any atom is -0.493 e. The van der Waals surface area contributed by atoms with E-state index in [4.69, 9.17) is 15.2 Å². The van der Waals surface area contributed by atoms with Crippen molar-refractivity contribution in [2.75, 3.05) is 7.11 Å². The Labute approximate surface area is 122 Å². The molecule has 0 saturated heterocycles. The molecule has 2 N–H and O–H groups in total. The van der Waals surface area contributed by atoms with Crippen molar-refractivity contribution >= 4 is 0 Å². The Morgan fingerprint density at radius 2 is 2.10 bits per heavy atom. The Bertz CT molecular complexity index is 431. The molecule has 3 atom stereocenters. The van der Waals surface area contributed by atoms with Crippen molar-refractivity contribution in [2.45, 2.75) is 58.1 Å². The van der Waals surface area contributed by atoms with Crippen LogP contribution in [0.1, 0.15) is 57.6 Å². The summed E-state index contributed by atoms with van der Waals surface area (Å²) in [7, 11) is 1.68. The predicted molar refractivity (Wildman–Crippen MR) is 82.3 cm³/mol. The number of methoxy groups -OCH3 is 1. The van der Waals surface area contributed by atoms with Gasteiger partial charge in [0.05, 0.1) is 13.2 Å². The van der Waals surface area contributed by atoms with Gasteiger partial charge in [-0.05, 0) is 49.8 Å². The molecule has 0 radical (unpaired) electrons. The number of hydrogen-bond acceptors (Lipinski definition) is 3. The monoisotopic (exact) mass is 277 g/mol. The van der Waals surface area contributed by atoms with Crippen LogP contribution in [-0.2, 0) is 0 Å². The van der Waals surface area contributed by atoms with E-state index in [1.807, 2.05) is 25.1 Å². The van der Waals surface area contributed by atoms with E-state index in [2.05, 4.69) is 6.92 Å². The number of hydrogen-bond donors (Lipinski definition) is 1. The molecule has 3 nitrogen and oxygen atoms in total. The third-order valence-corrected chi connectivity index (χ3v) is 4.32. The third kappa shape index (κ3) is 3.66. The lowest BCUT2D eigenvalue weighted by Crippen LogP contribution is -2.25. The summed E-state index contributed by atoms with van der Waals surface area (Å²) in [5, 5.41) is 0. The van der Waals surface area contributed by atoms with Crippen LogP contribution in [0.3, 0.4) is 0 Å². The first-order chi connectivity index (χ1) is 9.63. The Morgan fingerprint density at radius 3 is 2.75 bits per heavy atom. The molecule has 0 bridgehead atoms. The second-order valence-corrected chi connectivity index (χ2v) is 5.88. The zero-order valence-corrected chi connectivity index (χ0v) is 12.9. The molecule has 0 spiro atoms. The topological polar surface area (TPSA) is 44.5 Å². The van der Waals surface area contributed by atoms with E-state index >= 15 is 0 Å². The maximum atomic E-state index is 6.18. The van der Waals surface area contributed by atoms with E-state index in [1.165, 1.54) is 19.3 Å². The van der Waals surface area contributed by atoms with Crippen molar-refractivity contribution in [3.63, 3.8) is 0 Å². The zero-order chi connectivity index (χ0) is 14.5. The smallest absolute Gasteiger partial charge is 0.161 e. The Hall–Kier alpha value is -1.22. The molecule has 0 amide bonds. The molecule has 20 heavy (non-hydrogen) atoms. The summed E-state index contributed by atoms with van der Waals surface area (Å²) in [6.07, 6.45) is 6.49. The zero-order valence-electron chi connectivity index (χ0n) is 12.9. The standard InChI is InChI=1S/C17H27NO2/c1-4-13-6-5-7-15(10-13)20-16-9-8-14(12(2)18)11-17(16)19-3/h8-9,11-13,15H,4-7,10,18H2,1-3H3. The SMILES string of the molecule is CCC1CCCC(Oc2ccc(C(C)N)cc2OC)C1. The van der Waals surface area contributed by atoms with Crippen LogP contribution in [0, 0.1) is 5.92 Å². The Kier molecular flexibility index (Phi) is 5.30. The highest BCUT2D eigenvalue weighted by Crippen LogP contribution is 2.34. The highest BCUT2D eigenvalue weighted by atomic mass is 16.5. The number of nitrogens with two attached hydrogens (primary N) is 1. The fraction of sp³-hybridized carbons (Fsp3) is 0.647. The molecule has 0 aromatic heterocycles. The van der Waals surface area contributed by atoms with Gasteiger partial charge in [0, 0.05) is 6.04 Å². The first-order valence-corrected chi connectivity index (χ1v) is 7.74. The minimum absolute atomic E-state index is 0.0112. The van der Waals surface area contributed by atoms with E-state index in [1.54, 1.807) is 7.11 Å². The average Bonchev–Trinajstić information content (AvgIpc) is 2.47. The molecular weight excluding hydrogens is 250 g/mol. The molecule has 1 aliphatic carbocycles. The second-order valence-electron chi connectivity index (χ2n) is 5.88. The van der Waals surface area contributed by atoms with Gasteiger partial charge in [0.15, 0.2) is 11.5 Å². The molecule has 1 aliphatic rings. The van der Waals surface area contributed by atoms with Gasteiger partial charge in [-0.3, -0.25) is 0 Å². The molecule has 112 valence electrons. The quantitative estimate of drug-likeness (QED) is 0.882. The summed E-state index contributed by atoms with van der Waals surface area (Å²) < 4.78 is 11.6. The van der Waals surface area contributed by atoms with Crippen molar-refractivity contribution in [3.8, 4) is 11.5 Å². The van der Waals surface area contributed by atoms with E-state index < -0.39 is 0 Å². The summed E-state index contributed by atoms with van der Waals surface area (Å²) in [6, 6.07) is 6.02. The summed E-state index contributed by atoms with van der Waals surface area (Å²) in [5.74, 6) is 2.44. The summed E-state index contributed by atoms with van der Waals surface area (Å²) in [4.78, 5) is 0. The minimum atomic E-state index is 0.0112. The van der Waals surface area contributed by atoms with E-state index in [-0.39, 0.29) is 6.04 Å².